The predicted octanol–water partition coefficient (Wildman–Crippen LogP) is 3.26. The van der Waals surface area contributed by atoms with Crippen LogP contribution in [-0.2, 0) is 24.0 Å². The Morgan fingerprint density at radius 3 is 2.41 bits per heavy atom. The molecule has 0 bridgehead atoms. The molecule has 0 aliphatic heterocycles. The van der Waals surface area contributed by atoms with Gasteiger partial charge in [0.05, 0.1) is 5.71 Å². The van der Waals surface area contributed by atoms with Gasteiger partial charge in [-0.25, -0.2) is 4.79 Å². The molecule has 0 spiro atoms. The van der Waals surface area contributed by atoms with Crippen LogP contribution in [0.1, 0.15) is 91.9 Å². The van der Waals surface area contributed by atoms with E-state index >= 15 is 0 Å². The van der Waals surface area contributed by atoms with E-state index in [2.05, 4.69) is 41.6 Å². The molecule has 0 saturated heterocycles. The second-order valence-electron chi connectivity index (χ2n) is 14.0. The van der Waals surface area contributed by atoms with Crippen molar-refractivity contribution in [1.82, 2.24) is 10.6 Å². The van der Waals surface area contributed by atoms with Crippen LogP contribution in [0.15, 0.2) is 16.8 Å². The number of aliphatic carboxylic acids is 2. The Morgan fingerprint density at radius 2 is 1.77 bits per heavy atom. The van der Waals surface area contributed by atoms with E-state index in [1.807, 2.05) is 0 Å². The van der Waals surface area contributed by atoms with Crippen LogP contribution in [0.5, 0.6) is 0 Å². The van der Waals surface area contributed by atoms with Crippen LogP contribution >= 0.6 is 0 Å². The highest BCUT2D eigenvalue weighted by molar-refractivity contribution is 5.96. The number of oxime groups is 1. The van der Waals surface area contributed by atoms with Crippen molar-refractivity contribution in [1.29, 1.82) is 0 Å². The normalized spacial score (nSPS) is 34.8. The van der Waals surface area contributed by atoms with Crippen molar-refractivity contribution < 1.29 is 39.3 Å². The Morgan fingerprint density at radius 1 is 1.07 bits per heavy atom. The maximum absolute atomic E-state index is 12.8. The van der Waals surface area contributed by atoms with E-state index in [0.717, 1.165) is 44.2 Å². The Kier molecular flexibility index (Phi) is 9.84. The summed E-state index contributed by atoms with van der Waals surface area (Å²) in [5.41, 5.74) is 0.931. The molecule has 3 fully saturated rings. The number of nitrogens with zero attached hydrogens (tertiary/aromatic N) is 1. The third-order valence-corrected chi connectivity index (χ3v) is 11.3. The number of allylic oxidation sites excluding steroid dienone is 2. The van der Waals surface area contributed by atoms with Crippen molar-refractivity contribution in [2.75, 3.05) is 6.61 Å². The van der Waals surface area contributed by atoms with Gasteiger partial charge in [-0.2, -0.15) is 0 Å². The fourth-order valence-corrected chi connectivity index (χ4v) is 8.61. The molecule has 11 nitrogen and oxygen atoms in total. The summed E-state index contributed by atoms with van der Waals surface area (Å²) < 4.78 is 0. The van der Waals surface area contributed by atoms with Gasteiger partial charge in [0.25, 0.3) is 5.91 Å². The number of aliphatic hydroxyl groups is 1. The van der Waals surface area contributed by atoms with Gasteiger partial charge in [0, 0.05) is 11.8 Å². The Labute approximate surface area is 259 Å². The van der Waals surface area contributed by atoms with E-state index in [1.54, 1.807) is 13.8 Å². The zero-order valence-electron chi connectivity index (χ0n) is 26.2. The first-order valence-electron chi connectivity index (χ1n) is 15.8. The van der Waals surface area contributed by atoms with Crippen LogP contribution in [-0.4, -0.2) is 69.1 Å². The molecule has 4 rings (SSSR count). The van der Waals surface area contributed by atoms with E-state index in [-0.39, 0.29) is 23.2 Å². The SMILES string of the molecule is C#C[C@@]1(O)CC[C@@H]2[C@@H]3CCC4=C/C(=N/OCC(=O)N[C@@H](C(=O)N[C@H](CCC(=O)O)C(=O)O)C(C)C)CC[C@]4(C)[C@@H]3CC[C@@]21C. The Bertz CT molecular complexity index is 1270. The maximum atomic E-state index is 12.8. The van der Waals surface area contributed by atoms with Gasteiger partial charge in [-0.1, -0.05) is 44.3 Å². The van der Waals surface area contributed by atoms with Crippen LogP contribution < -0.4 is 10.6 Å². The number of hydrogen-bond donors (Lipinski definition) is 5. The third kappa shape index (κ3) is 6.37. The first-order chi connectivity index (χ1) is 20.6. The predicted molar refractivity (Wildman–Crippen MR) is 162 cm³/mol. The van der Waals surface area contributed by atoms with Crippen LogP contribution in [0.3, 0.4) is 0 Å². The Balaban J connectivity index is 1.34. The topological polar surface area (TPSA) is 175 Å². The number of terminal acetylenes is 1. The first kappa shape index (κ1) is 33.5. The van der Waals surface area contributed by atoms with Gasteiger partial charge in [-0.3, -0.25) is 14.4 Å². The molecule has 0 aromatic heterocycles. The molecule has 11 heteroatoms. The summed E-state index contributed by atoms with van der Waals surface area (Å²) in [6.07, 6.45) is 14.5. The highest BCUT2D eigenvalue weighted by Gasteiger charge is 2.63. The molecule has 4 aliphatic carbocycles. The molecule has 8 atom stereocenters. The standard InChI is InChI=1S/C33H47N3O8/c1-6-33(43)16-13-24-22-8-7-20-17-21(11-14-31(20,4)23(22)12-15-32(24,33)5)36-44-18-26(37)35-28(19(2)3)29(40)34-25(30(41)42)9-10-27(38)39/h1,17,19,22-25,28,43H,7-16,18H2,2-5H3,(H,34,40)(H,35,37)(H,38,39)(H,41,42)/b36-21+/t22-,23-,24-,25-,28-,31+,32+,33-/m1/s1. The number of carboxylic acids is 2. The minimum Gasteiger partial charge on any atom is -0.481 e. The highest BCUT2D eigenvalue weighted by atomic mass is 16.6. The zero-order chi connectivity index (χ0) is 32.4. The summed E-state index contributed by atoms with van der Waals surface area (Å²) in [5, 5.41) is 38.6. The van der Waals surface area contributed by atoms with Gasteiger partial charge in [-0.15, -0.1) is 6.42 Å². The van der Waals surface area contributed by atoms with Crippen molar-refractivity contribution in [3.8, 4) is 12.3 Å². The average Bonchev–Trinajstić information content (AvgIpc) is 3.24. The van der Waals surface area contributed by atoms with Gasteiger partial charge in [0.2, 0.25) is 5.91 Å². The van der Waals surface area contributed by atoms with Crippen molar-refractivity contribution in [2.24, 2.45) is 39.7 Å². The number of rotatable bonds is 11. The molecule has 5 N–H and O–H groups in total. The summed E-state index contributed by atoms with van der Waals surface area (Å²) >= 11 is 0. The number of carboxylic acid groups (broad SMARTS) is 2. The number of carbonyl (C=O) groups is 4. The van der Waals surface area contributed by atoms with E-state index < -0.39 is 54.5 Å². The van der Waals surface area contributed by atoms with Gasteiger partial charge in [0.1, 0.15) is 17.7 Å². The molecule has 44 heavy (non-hydrogen) atoms. The van der Waals surface area contributed by atoms with Crippen molar-refractivity contribution in [2.45, 2.75) is 110 Å². The minimum absolute atomic E-state index is 0.0492. The van der Waals surface area contributed by atoms with E-state index in [9.17, 15) is 29.4 Å². The lowest BCUT2D eigenvalue weighted by atomic mass is 9.46. The van der Waals surface area contributed by atoms with Gasteiger partial charge < -0.3 is 30.8 Å². The molecular formula is C33H47N3O8. The van der Waals surface area contributed by atoms with Crippen molar-refractivity contribution in [3.05, 3.63) is 11.6 Å². The fourth-order valence-electron chi connectivity index (χ4n) is 8.61. The summed E-state index contributed by atoms with van der Waals surface area (Å²) in [6.45, 7) is 7.55. The Hall–Kier alpha value is -3.39. The van der Waals surface area contributed by atoms with Crippen LogP contribution in [0.25, 0.3) is 0 Å². The first-order valence-corrected chi connectivity index (χ1v) is 15.8. The van der Waals surface area contributed by atoms with Gasteiger partial charge in [-0.05, 0) is 93.0 Å². The molecule has 4 aliphatic rings. The molecule has 0 radical (unpaired) electrons. The molecular weight excluding hydrogens is 566 g/mol. The summed E-state index contributed by atoms with van der Waals surface area (Å²) in [6, 6.07) is -2.42. The smallest absolute Gasteiger partial charge is 0.326 e. The molecule has 2 amide bonds. The molecule has 0 unspecified atom stereocenters. The number of carbonyl (C=O) groups excluding carboxylic acids is 2. The lowest BCUT2D eigenvalue weighted by molar-refractivity contribution is -0.143. The summed E-state index contributed by atoms with van der Waals surface area (Å²) in [7, 11) is 0. The molecule has 0 aromatic carbocycles. The van der Waals surface area contributed by atoms with Crippen LogP contribution in [0.2, 0.25) is 0 Å². The maximum Gasteiger partial charge on any atom is 0.326 e. The monoisotopic (exact) mass is 613 g/mol. The third-order valence-electron chi connectivity index (χ3n) is 11.3. The number of nitrogens with one attached hydrogen (secondary N) is 2. The highest BCUT2D eigenvalue weighted by Crippen LogP contribution is 2.67. The van der Waals surface area contributed by atoms with Crippen molar-refractivity contribution in [3.63, 3.8) is 0 Å². The number of amides is 2. The van der Waals surface area contributed by atoms with Gasteiger partial charge in [0.15, 0.2) is 6.61 Å². The molecule has 0 aromatic rings. The average molecular weight is 614 g/mol. The van der Waals surface area contributed by atoms with Crippen LogP contribution in [0.4, 0.5) is 0 Å². The minimum atomic E-state index is -1.39. The lowest BCUT2D eigenvalue weighted by Crippen LogP contribution is -2.54. The molecule has 0 heterocycles. The second kappa shape index (κ2) is 12.9. The molecule has 242 valence electrons. The van der Waals surface area contributed by atoms with E-state index in [1.165, 1.54) is 5.57 Å². The van der Waals surface area contributed by atoms with E-state index in [0.29, 0.717) is 30.6 Å². The summed E-state index contributed by atoms with van der Waals surface area (Å²) in [5.74, 6) is 0.0444. The van der Waals surface area contributed by atoms with E-state index in [4.69, 9.17) is 16.4 Å². The van der Waals surface area contributed by atoms with Crippen molar-refractivity contribution >= 4 is 29.5 Å². The van der Waals surface area contributed by atoms with Crippen LogP contribution in [0, 0.1) is 46.8 Å². The summed E-state index contributed by atoms with van der Waals surface area (Å²) in [4.78, 5) is 53.1. The fraction of sp³-hybridized carbons (Fsp3) is 0.727. The quantitative estimate of drug-likeness (QED) is 0.174. The lowest BCUT2D eigenvalue weighted by Gasteiger charge is -2.58. The zero-order valence-corrected chi connectivity index (χ0v) is 26.2. The number of hydrogen-bond acceptors (Lipinski definition) is 7. The molecule has 3 saturated carbocycles. The second-order valence-corrected chi connectivity index (χ2v) is 14.0. The number of fused-ring (bicyclic) bond motifs is 5. The largest absolute Gasteiger partial charge is 0.481 e. The van der Waals surface area contributed by atoms with Gasteiger partial charge >= 0.3 is 11.9 Å².